The highest BCUT2D eigenvalue weighted by Crippen LogP contribution is 2.53. The van der Waals surface area contributed by atoms with E-state index in [0.29, 0.717) is 27.4 Å². The van der Waals surface area contributed by atoms with Crippen LogP contribution in [0.4, 0.5) is 10.2 Å². The summed E-state index contributed by atoms with van der Waals surface area (Å²) in [6, 6.07) is 14.6. The SMILES string of the molecule is CSc1c(C#N)c(-c2ccc(F)cc2)[n+](-c2ccc(C(C)=O)cc2)c(N)c1P(=O)(OC(C)C)OC(C)C. The van der Waals surface area contributed by atoms with Crippen LogP contribution >= 0.6 is 19.4 Å². The normalized spacial score (nSPS) is 11.7. The van der Waals surface area contributed by atoms with Gasteiger partial charge in [0.2, 0.25) is 0 Å². The van der Waals surface area contributed by atoms with Crippen molar-refractivity contribution in [2.75, 3.05) is 12.0 Å². The summed E-state index contributed by atoms with van der Waals surface area (Å²) < 4.78 is 41.5. The number of nitrogens with zero attached hydrogens (tertiary/aromatic N) is 2. The van der Waals surface area contributed by atoms with Gasteiger partial charge in [-0.1, -0.05) is 0 Å². The van der Waals surface area contributed by atoms with Gasteiger partial charge in [0.15, 0.2) is 16.8 Å². The summed E-state index contributed by atoms with van der Waals surface area (Å²) in [7, 11) is -4.04. The average Bonchev–Trinajstić information content (AvgIpc) is 2.82. The Hall–Kier alpha value is -3.02. The van der Waals surface area contributed by atoms with Gasteiger partial charge in [-0.25, -0.2) is 4.39 Å². The van der Waals surface area contributed by atoms with Crippen LogP contribution in [0.3, 0.4) is 0 Å². The topological polar surface area (TPSA) is 106 Å². The lowest BCUT2D eigenvalue weighted by Gasteiger charge is -2.26. The van der Waals surface area contributed by atoms with Gasteiger partial charge < -0.3 is 9.05 Å². The van der Waals surface area contributed by atoms with Gasteiger partial charge in [-0.05, 0) is 89.4 Å². The summed E-state index contributed by atoms with van der Waals surface area (Å²) in [6.45, 7) is 8.40. The number of carbonyl (C=O) groups excluding carboxylic acids is 1. The van der Waals surface area contributed by atoms with Gasteiger partial charge >= 0.3 is 7.60 Å². The molecule has 0 radical (unpaired) electrons. The van der Waals surface area contributed by atoms with Gasteiger partial charge in [-0.2, -0.15) is 9.83 Å². The van der Waals surface area contributed by atoms with Crippen molar-refractivity contribution < 1.29 is 27.4 Å². The number of hydrogen-bond donors (Lipinski definition) is 1. The van der Waals surface area contributed by atoms with E-state index in [2.05, 4.69) is 6.07 Å². The summed E-state index contributed by atoms with van der Waals surface area (Å²) in [5, 5.41) is 10.5. The summed E-state index contributed by atoms with van der Waals surface area (Å²) in [5.74, 6) is -0.503. The molecule has 0 bridgehead atoms. The van der Waals surface area contributed by atoms with E-state index in [9.17, 15) is 19.0 Å². The van der Waals surface area contributed by atoms with Crippen LogP contribution in [0.25, 0.3) is 16.9 Å². The lowest BCUT2D eigenvalue weighted by Crippen LogP contribution is -2.44. The molecular weight excluding hydrogens is 512 g/mol. The first-order valence-corrected chi connectivity index (χ1v) is 14.4. The number of benzene rings is 2. The van der Waals surface area contributed by atoms with Crippen molar-refractivity contribution >= 4 is 36.3 Å². The lowest BCUT2D eigenvalue weighted by molar-refractivity contribution is -0.567. The van der Waals surface area contributed by atoms with E-state index in [1.807, 2.05) is 0 Å². The number of halogens is 1. The van der Waals surface area contributed by atoms with Gasteiger partial charge in [0.05, 0.1) is 17.1 Å². The Labute approximate surface area is 220 Å². The number of anilines is 1. The molecule has 3 rings (SSSR count). The van der Waals surface area contributed by atoms with E-state index in [0.717, 1.165) is 0 Å². The molecule has 37 heavy (non-hydrogen) atoms. The highest BCUT2D eigenvalue weighted by atomic mass is 32.2. The molecule has 0 saturated heterocycles. The Bertz CT molecular complexity index is 1390. The zero-order valence-corrected chi connectivity index (χ0v) is 23.3. The molecule has 7 nitrogen and oxygen atoms in total. The third kappa shape index (κ3) is 5.94. The summed E-state index contributed by atoms with van der Waals surface area (Å²) in [6.07, 6.45) is 0.808. The zero-order chi connectivity index (χ0) is 27.5. The Morgan fingerprint density at radius 1 is 1.05 bits per heavy atom. The number of thioether (sulfide) groups is 1. The Kier molecular flexibility index (Phi) is 8.93. The summed E-state index contributed by atoms with van der Waals surface area (Å²) in [5.41, 5.74) is 8.86. The fourth-order valence-electron chi connectivity index (χ4n) is 3.93. The molecule has 3 aromatic rings. The van der Waals surface area contributed by atoms with E-state index < -0.39 is 25.6 Å². The van der Waals surface area contributed by atoms with Crippen molar-refractivity contribution in [2.24, 2.45) is 0 Å². The minimum Gasteiger partial charge on any atom is -0.302 e. The smallest absolute Gasteiger partial charge is 0.302 e. The van der Waals surface area contributed by atoms with Gasteiger partial charge in [0.25, 0.3) is 5.82 Å². The van der Waals surface area contributed by atoms with Crippen LogP contribution in [0.1, 0.15) is 50.5 Å². The zero-order valence-electron chi connectivity index (χ0n) is 21.6. The molecule has 0 spiro atoms. The van der Waals surface area contributed by atoms with Crippen LogP contribution in [-0.4, -0.2) is 24.2 Å². The molecule has 0 atom stereocenters. The predicted molar refractivity (Wildman–Crippen MR) is 144 cm³/mol. The number of rotatable bonds is 9. The second-order valence-corrected chi connectivity index (χ2v) is 11.5. The van der Waals surface area contributed by atoms with E-state index in [4.69, 9.17) is 14.8 Å². The van der Waals surface area contributed by atoms with Crippen molar-refractivity contribution in [1.82, 2.24) is 0 Å². The minimum atomic E-state index is -4.04. The molecule has 0 unspecified atom stereocenters. The average molecular weight is 543 g/mol. The molecule has 0 amide bonds. The van der Waals surface area contributed by atoms with Gasteiger partial charge in [0, 0.05) is 11.1 Å². The Balaban J connectivity index is 2.54. The van der Waals surface area contributed by atoms with Crippen molar-refractivity contribution in [2.45, 2.75) is 51.7 Å². The molecule has 0 aliphatic carbocycles. The van der Waals surface area contributed by atoms with E-state index in [1.54, 1.807) is 74.9 Å². The molecule has 2 N–H and O–H groups in total. The molecule has 0 fully saturated rings. The largest absolute Gasteiger partial charge is 0.371 e. The number of nitrogen functional groups attached to an aromatic ring is 1. The molecule has 0 saturated carbocycles. The molecule has 1 heterocycles. The lowest BCUT2D eigenvalue weighted by atomic mass is 10.0. The number of aromatic nitrogens is 1. The second kappa shape index (κ2) is 11.6. The molecule has 0 aliphatic heterocycles. The van der Waals surface area contributed by atoms with Crippen LogP contribution in [-0.2, 0) is 13.6 Å². The number of Topliss-reactive ketones (excluding diaryl/α,β-unsaturated/α-hetero) is 1. The van der Waals surface area contributed by atoms with Crippen LogP contribution in [0, 0.1) is 17.1 Å². The molecular formula is C27H30FN3O4PS+. The van der Waals surface area contributed by atoms with Crippen molar-refractivity contribution in [3.8, 4) is 23.0 Å². The minimum absolute atomic E-state index is 0.0443. The maximum Gasteiger partial charge on any atom is 0.371 e. The third-order valence-electron chi connectivity index (χ3n) is 5.32. The highest BCUT2D eigenvalue weighted by Gasteiger charge is 2.42. The quantitative estimate of drug-likeness (QED) is 0.157. The summed E-state index contributed by atoms with van der Waals surface area (Å²) >= 11 is 1.20. The van der Waals surface area contributed by atoms with Gasteiger partial charge in [-0.15, -0.1) is 11.8 Å². The highest BCUT2D eigenvalue weighted by molar-refractivity contribution is 7.99. The van der Waals surface area contributed by atoms with E-state index in [-0.39, 0.29) is 22.5 Å². The first-order valence-electron chi connectivity index (χ1n) is 11.6. The van der Waals surface area contributed by atoms with Crippen LogP contribution in [0.2, 0.25) is 0 Å². The molecule has 194 valence electrons. The van der Waals surface area contributed by atoms with Crippen LogP contribution < -0.4 is 15.6 Å². The maximum atomic E-state index is 14.4. The molecule has 10 heteroatoms. The number of nitriles is 1. The van der Waals surface area contributed by atoms with Crippen molar-refractivity contribution in [3.05, 3.63) is 65.5 Å². The number of carbonyl (C=O) groups is 1. The number of hydrogen-bond acceptors (Lipinski definition) is 7. The first-order chi connectivity index (χ1) is 17.4. The van der Waals surface area contributed by atoms with Gasteiger partial charge in [0.1, 0.15) is 23.1 Å². The number of pyridine rings is 1. The number of nitrogens with two attached hydrogens (primary N) is 1. The summed E-state index contributed by atoms with van der Waals surface area (Å²) in [4.78, 5) is 12.2. The Morgan fingerprint density at radius 2 is 1.59 bits per heavy atom. The first kappa shape index (κ1) is 28.5. The second-order valence-electron chi connectivity index (χ2n) is 8.85. The van der Waals surface area contributed by atoms with E-state index in [1.165, 1.54) is 30.8 Å². The van der Waals surface area contributed by atoms with Crippen LogP contribution in [0.15, 0.2) is 53.4 Å². The third-order valence-corrected chi connectivity index (χ3v) is 8.69. The molecule has 0 aliphatic rings. The maximum absolute atomic E-state index is 14.4. The van der Waals surface area contributed by atoms with Crippen molar-refractivity contribution in [3.63, 3.8) is 0 Å². The standard InChI is InChI=1S/C27H29FN3O4PS/c1-16(2)34-36(33,35-17(3)4)25-26(37-6)23(15-29)24(20-7-11-21(28)12-8-20)31(27(25)30)22-13-9-19(10-14-22)18(5)32/h7-14,16-17,30H,1-6H3/p+1. The monoisotopic (exact) mass is 542 g/mol. The molecule has 1 aromatic heterocycles. The van der Waals surface area contributed by atoms with Gasteiger partial charge in [-0.3, -0.25) is 15.1 Å². The van der Waals surface area contributed by atoms with Crippen LogP contribution in [0.5, 0.6) is 0 Å². The predicted octanol–water partition coefficient (Wildman–Crippen LogP) is 5.82. The Morgan fingerprint density at radius 3 is 2.03 bits per heavy atom. The number of ketones is 1. The molecule has 2 aromatic carbocycles. The van der Waals surface area contributed by atoms with E-state index >= 15 is 0 Å². The fraction of sp³-hybridized carbons (Fsp3) is 0.296. The van der Waals surface area contributed by atoms with Crippen molar-refractivity contribution in [1.29, 1.82) is 5.26 Å². The fourth-order valence-corrected chi connectivity index (χ4v) is 7.29.